The van der Waals surface area contributed by atoms with E-state index in [0.717, 1.165) is 16.7 Å². The molecule has 2 bridgehead atoms. The van der Waals surface area contributed by atoms with Gasteiger partial charge in [0.1, 0.15) is 12.6 Å². The first-order valence-electron chi connectivity index (χ1n) is 16.6. The van der Waals surface area contributed by atoms with Gasteiger partial charge in [0.05, 0.1) is 10.0 Å². The molecule has 0 aliphatic carbocycles. The number of hydrogen-bond donors (Lipinski definition) is 3. The molecule has 9 nitrogen and oxygen atoms in total. The molecule has 49 heavy (non-hydrogen) atoms. The van der Waals surface area contributed by atoms with Crippen LogP contribution in [-0.4, -0.2) is 72.8 Å². The molecule has 3 aromatic carbocycles. The van der Waals surface area contributed by atoms with Gasteiger partial charge >= 0.3 is 0 Å². The van der Waals surface area contributed by atoms with E-state index in [1.165, 1.54) is 4.90 Å². The Labute approximate surface area is 302 Å². The molecule has 0 spiro atoms. The van der Waals surface area contributed by atoms with Crippen LogP contribution in [0.3, 0.4) is 0 Å². The molecule has 12 heteroatoms. The van der Waals surface area contributed by atoms with Crippen molar-refractivity contribution in [3.8, 4) is 0 Å². The van der Waals surface area contributed by atoms with Crippen molar-refractivity contribution in [2.75, 3.05) is 25.0 Å². The van der Waals surface area contributed by atoms with Gasteiger partial charge in [0.2, 0.25) is 23.6 Å². The molecule has 2 heterocycles. The third kappa shape index (κ3) is 9.97. The molecule has 1 saturated heterocycles. The highest BCUT2D eigenvalue weighted by atomic mass is 35.5. The highest BCUT2D eigenvalue weighted by Gasteiger charge is 2.34. The molecule has 2 aliphatic heterocycles. The van der Waals surface area contributed by atoms with E-state index in [2.05, 4.69) is 16.0 Å². The van der Waals surface area contributed by atoms with E-state index >= 15 is 0 Å². The summed E-state index contributed by atoms with van der Waals surface area (Å²) in [5, 5.41) is 11.0. The summed E-state index contributed by atoms with van der Waals surface area (Å²) in [5.74, 6) is -1.17. The third-order valence-corrected chi connectivity index (χ3v) is 10.3. The standard InChI is InChI=1S/C37H42Cl3N5O4/c1-23-15-16-41-28(17-24-7-11-27(38)12-8-24)20-34(46)43-32-14-10-26-5-3-4-6-33(26)45(37(32)49)22-35(47)42-29(21-36(48)44(23)2)18-25-9-13-30(39)31(40)19-25/h3-9,11-13,19,23,28-29,32,41H,10,14-18,20-22H2,1-2H3,(H,42,47)(H,43,46)/t23?,28-,29+,32-/m0/s1. The zero-order valence-corrected chi connectivity index (χ0v) is 30.0. The van der Waals surface area contributed by atoms with Crippen molar-refractivity contribution in [2.24, 2.45) is 0 Å². The van der Waals surface area contributed by atoms with Gasteiger partial charge in [-0.2, -0.15) is 0 Å². The Morgan fingerprint density at radius 3 is 2.24 bits per heavy atom. The maximum absolute atomic E-state index is 14.1. The number of rotatable bonds is 4. The molecule has 4 atom stereocenters. The Kier molecular flexibility index (Phi) is 12.6. The molecule has 4 amide bonds. The maximum Gasteiger partial charge on any atom is 0.250 e. The first-order valence-corrected chi connectivity index (χ1v) is 17.8. The summed E-state index contributed by atoms with van der Waals surface area (Å²) in [7, 11) is 1.76. The molecule has 0 saturated carbocycles. The predicted molar refractivity (Wildman–Crippen MR) is 194 cm³/mol. The third-order valence-electron chi connectivity index (χ3n) is 9.31. The zero-order chi connectivity index (χ0) is 35.1. The number of anilines is 1. The lowest BCUT2D eigenvalue weighted by molar-refractivity contribution is -0.132. The number of amides is 4. The summed E-state index contributed by atoms with van der Waals surface area (Å²) >= 11 is 18.6. The molecule has 260 valence electrons. The summed E-state index contributed by atoms with van der Waals surface area (Å²) in [6.07, 6.45) is 2.67. The number of carbonyl (C=O) groups is 4. The second-order valence-electron chi connectivity index (χ2n) is 13.0. The minimum absolute atomic E-state index is 0.0443. The Bertz CT molecular complexity index is 1670. The van der Waals surface area contributed by atoms with E-state index in [-0.39, 0.29) is 49.2 Å². The van der Waals surface area contributed by atoms with E-state index in [9.17, 15) is 19.2 Å². The first-order chi connectivity index (χ1) is 23.5. The van der Waals surface area contributed by atoms with Crippen LogP contribution in [0.4, 0.5) is 5.69 Å². The van der Waals surface area contributed by atoms with Crippen LogP contribution in [0.1, 0.15) is 49.3 Å². The second-order valence-corrected chi connectivity index (χ2v) is 14.2. The van der Waals surface area contributed by atoms with Crippen molar-refractivity contribution >= 4 is 64.1 Å². The van der Waals surface area contributed by atoms with E-state index in [1.807, 2.05) is 61.5 Å². The predicted octanol–water partition coefficient (Wildman–Crippen LogP) is 5.37. The minimum atomic E-state index is -0.815. The largest absolute Gasteiger partial charge is 0.351 e. The Morgan fingerprint density at radius 2 is 1.49 bits per heavy atom. The van der Waals surface area contributed by atoms with Gasteiger partial charge in [0.25, 0.3) is 0 Å². The van der Waals surface area contributed by atoms with Crippen molar-refractivity contribution < 1.29 is 19.2 Å². The maximum atomic E-state index is 14.1. The number of para-hydroxylation sites is 1. The average molecular weight is 727 g/mol. The zero-order valence-electron chi connectivity index (χ0n) is 27.7. The Morgan fingerprint density at radius 1 is 0.776 bits per heavy atom. The molecular formula is C37H42Cl3N5O4. The number of fused-ring (bicyclic) bond motifs is 4. The van der Waals surface area contributed by atoms with E-state index in [1.54, 1.807) is 24.1 Å². The highest BCUT2D eigenvalue weighted by molar-refractivity contribution is 6.42. The van der Waals surface area contributed by atoms with Crippen LogP contribution in [-0.2, 0) is 38.4 Å². The van der Waals surface area contributed by atoms with Crippen LogP contribution in [0.15, 0.2) is 66.7 Å². The monoisotopic (exact) mass is 725 g/mol. The first kappa shape index (κ1) is 36.6. The van der Waals surface area contributed by atoms with E-state index in [4.69, 9.17) is 34.8 Å². The Hall–Kier alpha value is -3.63. The summed E-state index contributed by atoms with van der Waals surface area (Å²) in [5.41, 5.74) is 3.36. The van der Waals surface area contributed by atoms with Crippen molar-refractivity contribution in [2.45, 2.75) is 76.0 Å². The lowest BCUT2D eigenvalue weighted by atomic mass is 10.0. The van der Waals surface area contributed by atoms with Crippen molar-refractivity contribution in [1.29, 1.82) is 0 Å². The molecule has 3 N–H and O–H groups in total. The highest BCUT2D eigenvalue weighted by Crippen LogP contribution is 2.28. The van der Waals surface area contributed by atoms with Crippen LogP contribution >= 0.6 is 34.8 Å². The van der Waals surface area contributed by atoms with Crippen molar-refractivity contribution in [3.63, 3.8) is 0 Å². The molecule has 5 rings (SSSR count). The van der Waals surface area contributed by atoms with Gasteiger partial charge in [0, 0.05) is 48.7 Å². The number of nitrogens with zero attached hydrogens (tertiary/aromatic N) is 2. The fraction of sp³-hybridized carbons (Fsp3) is 0.405. The molecule has 0 aromatic heterocycles. The Balaban J connectivity index is 1.44. The minimum Gasteiger partial charge on any atom is -0.351 e. The van der Waals surface area contributed by atoms with Gasteiger partial charge in [-0.3, -0.25) is 19.2 Å². The fourth-order valence-corrected chi connectivity index (χ4v) is 6.89. The SMILES string of the molecule is CC1CCN[C@@H](Cc2ccc(Cl)cc2)CC(=O)N[C@H]2CCc3ccccc3N(CC(=O)N[C@H](Cc3ccc(Cl)c(Cl)c3)CC(=O)N1C)C2=O. The van der Waals surface area contributed by atoms with Gasteiger partial charge in [-0.1, -0.05) is 71.2 Å². The topological polar surface area (TPSA) is 111 Å². The summed E-state index contributed by atoms with van der Waals surface area (Å²) in [6.45, 7) is 2.26. The van der Waals surface area contributed by atoms with Crippen LogP contribution < -0.4 is 20.9 Å². The molecule has 2 aliphatic rings. The van der Waals surface area contributed by atoms with Gasteiger partial charge in [-0.05, 0) is 92.6 Å². The van der Waals surface area contributed by atoms with Gasteiger partial charge in [-0.15, -0.1) is 0 Å². The molecule has 3 aromatic rings. The van der Waals surface area contributed by atoms with Crippen molar-refractivity contribution in [3.05, 3.63) is 98.5 Å². The van der Waals surface area contributed by atoms with Crippen LogP contribution in [0.25, 0.3) is 0 Å². The smallest absolute Gasteiger partial charge is 0.250 e. The average Bonchev–Trinajstić information content (AvgIpc) is 3.19. The molecule has 1 fully saturated rings. The van der Waals surface area contributed by atoms with Crippen molar-refractivity contribution in [1.82, 2.24) is 20.9 Å². The van der Waals surface area contributed by atoms with Gasteiger partial charge in [0.15, 0.2) is 0 Å². The number of carbonyl (C=O) groups excluding carboxylic acids is 4. The van der Waals surface area contributed by atoms with E-state index in [0.29, 0.717) is 59.4 Å². The van der Waals surface area contributed by atoms with E-state index < -0.39 is 18.0 Å². The molecule has 0 radical (unpaired) electrons. The lowest BCUT2D eigenvalue weighted by Crippen LogP contribution is -2.53. The van der Waals surface area contributed by atoms with Gasteiger partial charge < -0.3 is 25.8 Å². The molecular weight excluding hydrogens is 685 g/mol. The second kappa shape index (κ2) is 16.9. The number of aryl methyl sites for hydroxylation is 1. The van der Waals surface area contributed by atoms with Gasteiger partial charge in [-0.25, -0.2) is 0 Å². The number of nitrogens with one attached hydrogen (secondary N) is 3. The molecule has 1 unspecified atom stereocenters. The summed E-state index contributed by atoms with van der Waals surface area (Å²) < 4.78 is 0. The lowest BCUT2D eigenvalue weighted by Gasteiger charge is -2.30. The number of hydrogen-bond acceptors (Lipinski definition) is 5. The van der Waals surface area contributed by atoms with Crippen LogP contribution in [0, 0.1) is 0 Å². The fourth-order valence-electron chi connectivity index (χ4n) is 6.44. The van der Waals surface area contributed by atoms with Crippen LogP contribution in [0.5, 0.6) is 0 Å². The van der Waals surface area contributed by atoms with Crippen LogP contribution in [0.2, 0.25) is 15.1 Å². The summed E-state index contributed by atoms with van der Waals surface area (Å²) in [4.78, 5) is 58.2. The number of benzene rings is 3. The normalized spacial score (nSPS) is 23.1. The summed E-state index contributed by atoms with van der Waals surface area (Å²) in [6, 6.07) is 18.5. The number of halogens is 3. The quantitative estimate of drug-likeness (QED) is 0.335.